The Morgan fingerprint density at radius 1 is 0.737 bits per heavy atom. The van der Waals surface area contributed by atoms with Crippen LogP contribution < -0.4 is 5.32 Å². The van der Waals surface area contributed by atoms with Gasteiger partial charge < -0.3 is 65.5 Å². The van der Waals surface area contributed by atoms with E-state index in [1.165, 1.54) is 13.8 Å². The van der Waals surface area contributed by atoms with Crippen LogP contribution in [-0.2, 0) is 33.4 Å². The number of aliphatic hydroxyl groups is 9. The van der Waals surface area contributed by atoms with Crippen LogP contribution in [0.1, 0.15) is 13.8 Å². The molecule has 0 saturated carbocycles. The number of hydrogen-bond acceptors (Lipinski definition) is 16. The van der Waals surface area contributed by atoms with Crippen molar-refractivity contribution in [1.82, 2.24) is 5.32 Å². The van der Waals surface area contributed by atoms with E-state index in [1.807, 2.05) is 5.32 Å². The summed E-state index contributed by atoms with van der Waals surface area (Å²) < 4.78 is 14.0. The van der Waals surface area contributed by atoms with Gasteiger partial charge in [0, 0.05) is 0 Å². The van der Waals surface area contributed by atoms with Gasteiger partial charge in [0.1, 0.15) is 49.8 Å². The Balaban J connectivity index is 5.16. The number of ether oxygens (including phenoxy) is 3. The quantitative estimate of drug-likeness (QED) is 0.0452. The smallest absolute Gasteiger partial charge is 0.338 e. The van der Waals surface area contributed by atoms with Gasteiger partial charge in [0.05, 0.1) is 12.7 Å². The Labute approximate surface area is 216 Å². The molecule has 0 fully saturated rings. The highest BCUT2D eigenvalue weighted by molar-refractivity contribution is 5.91. The average Bonchev–Trinajstić information content (AvgIpc) is 2.89. The van der Waals surface area contributed by atoms with Crippen molar-refractivity contribution in [2.75, 3.05) is 19.8 Å². The van der Waals surface area contributed by atoms with Crippen LogP contribution in [0.25, 0.3) is 0 Å². The molecule has 9 unspecified atom stereocenters. The zero-order valence-electron chi connectivity index (χ0n) is 20.6. The van der Waals surface area contributed by atoms with Crippen LogP contribution in [0, 0.1) is 0 Å². The molecule has 0 aromatic carbocycles. The third-order valence-electron chi connectivity index (χ3n) is 4.73. The van der Waals surface area contributed by atoms with Gasteiger partial charge in [0.2, 0.25) is 5.91 Å². The van der Waals surface area contributed by atoms with Crippen molar-refractivity contribution in [2.45, 2.75) is 74.8 Å². The number of rotatable bonds is 17. The number of carbonyl (C=O) groups excluding carboxylic acids is 4. The van der Waals surface area contributed by atoms with E-state index in [-0.39, 0.29) is 0 Å². The number of nitrogens with one attached hydrogen (secondary N) is 1. The maximum atomic E-state index is 12.4. The summed E-state index contributed by atoms with van der Waals surface area (Å²) >= 11 is 0. The fraction of sp³-hybridized carbons (Fsp3) is 0.714. The number of esters is 3. The molecule has 0 radical (unpaired) electrons. The summed E-state index contributed by atoms with van der Waals surface area (Å²) in [5.74, 6) is -5.25. The monoisotopic (exact) mass is 557 g/mol. The molecule has 0 aliphatic heterocycles. The van der Waals surface area contributed by atoms with Gasteiger partial charge in [-0.1, -0.05) is 6.58 Å². The Hall–Kier alpha value is -2.74. The Morgan fingerprint density at radius 2 is 1.21 bits per heavy atom. The summed E-state index contributed by atoms with van der Waals surface area (Å²) in [4.78, 5) is 47.6. The minimum absolute atomic E-state index is 0.661. The number of carbonyl (C=O) groups is 4. The lowest BCUT2D eigenvalue weighted by atomic mass is 10.0. The minimum atomic E-state index is -2.45. The van der Waals surface area contributed by atoms with Gasteiger partial charge in [0.15, 0.2) is 18.2 Å². The molecule has 0 heterocycles. The maximum absolute atomic E-state index is 12.4. The lowest BCUT2D eigenvalue weighted by Crippen LogP contribution is -2.51. The second-order valence-corrected chi connectivity index (χ2v) is 8.18. The molecule has 0 bridgehead atoms. The molecule has 38 heavy (non-hydrogen) atoms. The van der Waals surface area contributed by atoms with E-state index in [0.717, 1.165) is 6.08 Å². The van der Waals surface area contributed by atoms with Crippen LogP contribution in [0.2, 0.25) is 0 Å². The fourth-order valence-corrected chi connectivity index (χ4v) is 2.53. The first-order valence-electron chi connectivity index (χ1n) is 11.1. The van der Waals surface area contributed by atoms with Gasteiger partial charge in [-0.05, 0) is 19.9 Å². The van der Waals surface area contributed by atoms with Crippen LogP contribution in [0.4, 0.5) is 0 Å². The van der Waals surface area contributed by atoms with E-state index in [4.69, 9.17) is 9.84 Å². The molecule has 17 heteroatoms. The molecule has 0 aliphatic rings. The van der Waals surface area contributed by atoms with Crippen LogP contribution in [0.3, 0.4) is 0 Å². The van der Waals surface area contributed by atoms with Crippen molar-refractivity contribution in [3.63, 3.8) is 0 Å². The van der Waals surface area contributed by atoms with Crippen LogP contribution >= 0.6 is 0 Å². The van der Waals surface area contributed by atoms with Crippen LogP contribution in [0.5, 0.6) is 0 Å². The van der Waals surface area contributed by atoms with Crippen molar-refractivity contribution in [3.05, 3.63) is 12.7 Å². The summed E-state index contributed by atoms with van der Waals surface area (Å²) in [6, 6.07) is -1.80. The Bertz CT molecular complexity index is 791. The van der Waals surface area contributed by atoms with Gasteiger partial charge in [-0.3, -0.25) is 4.79 Å². The van der Waals surface area contributed by atoms with Gasteiger partial charge in [-0.15, -0.1) is 0 Å². The average molecular weight is 558 g/mol. The molecule has 0 aromatic rings. The highest BCUT2D eigenvalue weighted by Crippen LogP contribution is 2.10. The molecule has 10 N–H and O–H groups in total. The molecule has 0 aromatic heterocycles. The standard InChI is InChI=1S/C21H35NO16/c1-4-12(26)22-9(6-36-20(34)17(31)15(29)13(27)10(24)5-23)19(33)37-7-11(25)14(28)16(30)18(32)21(35)38-8(2)3/h4,8-11,13-18,23-25,27-32H,1,5-7H2,2-3H3,(H,22,26). The lowest BCUT2D eigenvalue weighted by Gasteiger charge is -2.26. The van der Waals surface area contributed by atoms with Crippen LogP contribution in [0.15, 0.2) is 12.7 Å². The predicted octanol–water partition coefficient (Wildman–Crippen LogP) is -6.43. The highest BCUT2D eigenvalue weighted by Gasteiger charge is 2.38. The number of hydrogen-bond donors (Lipinski definition) is 10. The zero-order valence-corrected chi connectivity index (χ0v) is 20.6. The molecule has 0 aliphatic carbocycles. The van der Waals surface area contributed by atoms with Crippen molar-refractivity contribution in [1.29, 1.82) is 0 Å². The molecule has 9 atom stereocenters. The molecule has 0 rings (SSSR count). The summed E-state index contributed by atoms with van der Waals surface area (Å²) in [6.45, 7) is 2.96. The second-order valence-electron chi connectivity index (χ2n) is 8.18. The van der Waals surface area contributed by atoms with Gasteiger partial charge >= 0.3 is 17.9 Å². The van der Waals surface area contributed by atoms with E-state index in [0.29, 0.717) is 0 Å². The minimum Gasteiger partial charge on any atom is -0.461 e. The summed E-state index contributed by atoms with van der Waals surface area (Å²) in [5.41, 5.74) is 0. The number of amides is 1. The third kappa shape index (κ3) is 11.3. The van der Waals surface area contributed by atoms with E-state index in [1.54, 1.807) is 0 Å². The Morgan fingerprint density at radius 3 is 1.68 bits per heavy atom. The Kier molecular flexibility index (Phi) is 15.7. The van der Waals surface area contributed by atoms with Crippen molar-refractivity contribution < 1.29 is 79.3 Å². The maximum Gasteiger partial charge on any atom is 0.338 e. The summed E-state index contributed by atoms with van der Waals surface area (Å²) in [6.07, 6.45) is -17.6. The van der Waals surface area contributed by atoms with Gasteiger partial charge in [-0.25, -0.2) is 14.4 Å². The zero-order chi connectivity index (χ0) is 29.7. The largest absolute Gasteiger partial charge is 0.461 e. The highest BCUT2D eigenvalue weighted by atomic mass is 16.6. The molecular weight excluding hydrogens is 522 g/mol. The first-order chi connectivity index (χ1) is 17.6. The first-order valence-corrected chi connectivity index (χ1v) is 11.1. The molecule has 1 amide bonds. The molecule has 17 nitrogen and oxygen atoms in total. The lowest BCUT2D eigenvalue weighted by molar-refractivity contribution is -0.178. The molecule has 220 valence electrons. The summed E-state index contributed by atoms with van der Waals surface area (Å²) in [7, 11) is 0. The topological polar surface area (TPSA) is 290 Å². The molecule has 0 saturated heterocycles. The predicted molar refractivity (Wildman–Crippen MR) is 120 cm³/mol. The van der Waals surface area contributed by atoms with Gasteiger partial charge in [-0.2, -0.15) is 0 Å². The van der Waals surface area contributed by atoms with Crippen molar-refractivity contribution >= 4 is 23.8 Å². The van der Waals surface area contributed by atoms with E-state index >= 15 is 0 Å². The third-order valence-corrected chi connectivity index (χ3v) is 4.73. The van der Waals surface area contributed by atoms with Crippen LogP contribution in [-0.4, -0.2) is 151 Å². The van der Waals surface area contributed by atoms with E-state index in [2.05, 4.69) is 16.1 Å². The number of aliphatic hydroxyl groups excluding tert-OH is 9. The fourth-order valence-electron chi connectivity index (χ4n) is 2.53. The second kappa shape index (κ2) is 17.0. The van der Waals surface area contributed by atoms with Crippen molar-refractivity contribution in [3.8, 4) is 0 Å². The molecular formula is C21H35NO16. The van der Waals surface area contributed by atoms with Gasteiger partial charge in [0.25, 0.3) is 0 Å². The normalized spacial score (nSPS) is 18.5. The van der Waals surface area contributed by atoms with E-state index < -0.39 is 105 Å². The molecule has 0 spiro atoms. The van der Waals surface area contributed by atoms with Crippen molar-refractivity contribution in [2.24, 2.45) is 0 Å². The van der Waals surface area contributed by atoms with E-state index in [9.17, 15) is 60.0 Å². The summed E-state index contributed by atoms with van der Waals surface area (Å²) in [5, 5.41) is 88.6. The SMILES string of the molecule is C=CC(=O)NC(COC(=O)C(O)C(O)C(O)C(O)CO)C(=O)OCC(O)C(O)C(O)C(O)C(=O)OC(C)C. The first kappa shape index (κ1) is 35.3.